The number of aliphatic carboxylic acids is 1. The highest BCUT2D eigenvalue weighted by molar-refractivity contribution is 5.86. The van der Waals surface area contributed by atoms with Gasteiger partial charge in [-0.2, -0.15) is 0 Å². The summed E-state index contributed by atoms with van der Waals surface area (Å²) < 4.78 is 0. The quantitative estimate of drug-likeness (QED) is 0.806. The lowest BCUT2D eigenvalue weighted by Gasteiger charge is -2.39. The van der Waals surface area contributed by atoms with Gasteiger partial charge in [0.2, 0.25) is 5.91 Å². The minimum absolute atomic E-state index is 0.00414. The molecule has 1 N–H and O–H groups in total. The minimum atomic E-state index is -0.851. The Kier molecular flexibility index (Phi) is 3.61. The Labute approximate surface area is 108 Å². The molecule has 2 rings (SSSR count). The number of likely N-dealkylation sites (tertiary alicyclic amines) is 1. The topological polar surface area (TPSA) is 60.9 Å². The zero-order valence-electron chi connectivity index (χ0n) is 11.2. The fourth-order valence-electron chi connectivity index (χ4n) is 3.23. The van der Waals surface area contributed by atoms with Gasteiger partial charge in [-0.1, -0.05) is 12.8 Å². The number of hydrogen-bond donors (Lipinski definition) is 1. The Hall–Kier alpha value is -1.10. The van der Waals surface area contributed by atoms with Crippen LogP contribution in [-0.4, -0.2) is 59.5 Å². The number of rotatable bonds is 4. The van der Waals surface area contributed by atoms with E-state index < -0.39 is 11.9 Å². The molecule has 1 atom stereocenters. The summed E-state index contributed by atoms with van der Waals surface area (Å²) in [4.78, 5) is 26.8. The van der Waals surface area contributed by atoms with Crippen molar-refractivity contribution in [2.75, 3.05) is 27.2 Å². The van der Waals surface area contributed by atoms with E-state index in [1.165, 1.54) is 12.8 Å². The maximum Gasteiger partial charge on any atom is 0.308 e. The second-order valence-electron chi connectivity index (χ2n) is 5.84. The molecule has 1 saturated heterocycles. The molecule has 0 aromatic heterocycles. The molecule has 5 nitrogen and oxygen atoms in total. The first-order valence-electron chi connectivity index (χ1n) is 6.63. The molecular formula is C13H22N2O3. The second-order valence-corrected chi connectivity index (χ2v) is 5.84. The van der Waals surface area contributed by atoms with Gasteiger partial charge in [-0.3, -0.25) is 9.59 Å². The van der Waals surface area contributed by atoms with E-state index in [9.17, 15) is 9.59 Å². The summed E-state index contributed by atoms with van der Waals surface area (Å²) in [6.07, 6.45) is 4.76. The van der Waals surface area contributed by atoms with Gasteiger partial charge in [-0.25, -0.2) is 0 Å². The fraction of sp³-hybridized carbons (Fsp3) is 0.846. The summed E-state index contributed by atoms with van der Waals surface area (Å²) in [7, 11) is 4.11. The first-order valence-corrected chi connectivity index (χ1v) is 6.63. The second kappa shape index (κ2) is 4.88. The molecule has 102 valence electrons. The molecule has 18 heavy (non-hydrogen) atoms. The molecule has 0 bridgehead atoms. The molecule has 1 unspecified atom stereocenters. The number of likely N-dealkylation sites (N-methyl/N-ethyl adjacent to an activating group) is 1. The molecule has 1 aliphatic heterocycles. The van der Waals surface area contributed by atoms with Crippen LogP contribution in [0.5, 0.6) is 0 Å². The third kappa shape index (κ3) is 2.36. The van der Waals surface area contributed by atoms with Gasteiger partial charge in [0.15, 0.2) is 0 Å². The fourth-order valence-corrected chi connectivity index (χ4v) is 3.23. The zero-order valence-corrected chi connectivity index (χ0v) is 11.2. The number of carboxylic acid groups (broad SMARTS) is 1. The number of amides is 1. The molecule has 1 amide bonds. The van der Waals surface area contributed by atoms with Crippen LogP contribution in [0.15, 0.2) is 0 Å². The average molecular weight is 254 g/mol. The van der Waals surface area contributed by atoms with Crippen molar-refractivity contribution >= 4 is 11.9 Å². The highest BCUT2D eigenvalue weighted by Crippen LogP contribution is 2.35. The number of carboxylic acids is 1. The van der Waals surface area contributed by atoms with Crippen molar-refractivity contribution in [3.63, 3.8) is 0 Å². The Balaban J connectivity index is 2.04. The van der Waals surface area contributed by atoms with E-state index in [0.29, 0.717) is 13.1 Å². The highest BCUT2D eigenvalue weighted by Gasteiger charge is 2.42. The minimum Gasteiger partial charge on any atom is -0.481 e. The van der Waals surface area contributed by atoms with Crippen LogP contribution in [0.2, 0.25) is 0 Å². The van der Waals surface area contributed by atoms with E-state index in [2.05, 4.69) is 19.0 Å². The molecule has 1 heterocycles. The predicted octanol–water partition coefficient (Wildman–Crippen LogP) is 0.794. The largest absolute Gasteiger partial charge is 0.481 e. The van der Waals surface area contributed by atoms with Crippen molar-refractivity contribution in [1.29, 1.82) is 0 Å². The van der Waals surface area contributed by atoms with Crippen molar-refractivity contribution in [3.8, 4) is 0 Å². The molecule has 0 radical (unpaired) electrons. The lowest BCUT2D eigenvalue weighted by Crippen LogP contribution is -2.51. The van der Waals surface area contributed by atoms with Crippen molar-refractivity contribution in [2.24, 2.45) is 5.92 Å². The third-order valence-corrected chi connectivity index (χ3v) is 4.53. The zero-order chi connectivity index (χ0) is 13.3. The van der Waals surface area contributed by atoms with E-state index in [0.717, 1.165) is 12.8 Å². The van der Waals surface area contributed by atoms with Crippen LogP contribution in [0.4, 0.5) is 0 Å². The molecule has 2 aliphatic rings. The maximum absolute atomic E-state index is 11.9. The van der Waals surface area contributed by atoms with Crippen LogP contribution in [0.1, 0.15) is 32.1 Å². The van der Waals surface area contributed by atoms with Crippen LogP contribution in [0.25, 0.3) is 0 Å². The van der Waals surface area contributed by atoms with E-state index >= 15 is 0 Å². The molecule has 0 spiro atoms. The molecule has 0 aromatic carbocycles. The van der Waals surface area contributed by atoms with Crippen LogP contribution in [0.3, 0.4) is 0 Å². The number of hydrogen-bond acceptors (Lipinski definition) is 3. The van der Waals surface area contributed by atoms with Crippen LogP contribution in [0, 0.1) is 5.92 Å². The molecule has 2 fully saturated rings. The van der Waals surface area contributed by atoms with Crippen molar-refractivity contribution in [2.45, 2.75) is 37.6 Å². The summed E-state index contributed by atoms with van der Waals surface area (Å²) in [6.45, 7) is 1.06. The van der Waals surface area contributed by atoms with E-state index in [1.54, 1.807) is 4.90 Å². The van der Waals surface area contributed by atoms with Gasteiger partial charge in [0, 0.05) is 25.0 Å². The molecule has 0 aromatic rings. The molecule has 5 heteroatoms. The van der Waals surface area contributed by atoms with Gasteiger partial charge in [0.1, 0.15) is 0 Å². The highest BCUT2D eigenvalue weighted by atomic mass is 16.4. The van der Waals surface area contributed by atoms with Crippen LogP contribution < -0.4 is 0 Å². The summed E-state index contributed by atoms with van der Waals surface area (Å²) in [5.41, 5.74) is 0.0586. The smallest absolute Gasteiger partial charge is 0.308 e. The average Bonchev–Trinajstić information content (AvgIpc) is 2.88. The Morgan fingerprint density at radius 2 is 2.06 bits per heavy atom. The summed E-state index contributed by atoms with van der Waals surface area (Å²) >= 11 is 0. The maximum atomic E-state index is 11.9. The molecule has 1 aliphatic carbocycles. The Morgan fingerprint density at radius 1 is 1.44 bits per heavy atom. The van der Waals surface area contributed by atoms with Crippen LogP contribution in [-0.2, 0) is 9.59 Å². The first kappa shape index (κ1) is 13.3. The van der Waals surface area contributed by atoms with Crippen molar-refractivity contribution in [1.82, 2.24) is 9.80 Å². The van der Waals surface area contributed by atoms with Gasteiger partial charge < -0.3 is 14.9 Å². The number of carbonyl (C=O) groups is 2. The Morgan fingerprint density at radius 3 is 2.50 bits per heavy atom. The van der Waals surface area contributed by atoms with Gasteiger partial charge in [-0.05, 0) is 26.9 Å². The van der Waals surface area contributed by atoms with Crippen LogP contribution >= 0.6 is 0 Å². The standard InChI is InChI=1S/C13H22N2O3/c1-14(2)13(5-3-4-6-13)9-15-8-10(12(17)18)7-11(15)16/h10H,3-9H2,1-2H3,(H,17,18). The normalized spacial score (nSPS) is 27.2. The summed E-state index contributed by atoms with van der Waals surface area (Å²) in [6, 6.07) is 0. The predicted molar refractivity (Wildman–Crippen MR) is 67.2 cm³/mol. The molecular weight excluding hydrogens is 232 g/mol. The van der Waals surface area contributed by atoms with Crippen molar-refractivity contribution in [3.05, 3.63) is 0 Å². The van der Waals surface area contributed by atoms with E-state index in [4.69, 9.17) is 5.11 Å². The first-order chi connectivity index (χ1) is 8.44. The number of carbonyl (C=O) groups excluding carboxylic acids is 1. The lowest BCUT2D eigenvalue weighted by atomic mass is 9.95. The Bertz CT molecular complexity index is 348. The lowest BCUT2D eigenvalue weighted by molar-refractivity contribution is -0.141. The van der Waals surface area contributed by atoms with Gasteiger partial charge in [0.05, 0.1) is 5.92 Å². The summed E-state index contributed by atoms with van der Waals surface area (Å²) in [5, 5.41) is 8.99. The van der Waals surface area contributed by atoms with E-state index in [-0.39, 0.29) is 17.9 Å². The van der Waals surface area contributed by atoms with E-state index in [1.807, 2.05) is 0 Å². The summed E-state index contributed by atoms with van der Waals surface area (Å²) in [5.74, 6) is -1.37. The SMILES string of the molecule is CN(C)C1(CN2CC(C(=O)O)CC2=O)CCCC1. The molecule has 1 saturated carbocycles. The number of nitrogens with zero attached hydrogens (tertiary/aromatic N) is 2. The third-order valence-electron chi connectivity index (χ3n) is 4.53. The van der Waals surface area contributed by atoms with Gasteiger partial charge >= 0.3 is 5.97 Å². The van der Waals surface area contributed by atoms with Crippen molar-refractivity contribution < 1.29 is 14.7 Å². The monoisotopic (exact) mass is 254 g/mol. The van der Waals surface area contributed by atoms with Gasteiger partial charge in [-0.15, -0.1) is 0 Å². The van der Waals surface area contributed by atoms with Gasteiger partial charge in [0.25, 0.3) is 0 Å².